The maximum atomic E-state index is 4.40. The van der Waals surface area contributed by atoms with E-state index in [9.17, 15) is 0 Å². The molecule has 2 heterocycles. The van der Waals surface area contributed by atoms with Gasteiger partial charge in [-0.2, -0.15) is 0 Å². The lowest BCUT2D eigenvalue weighted by Gasteiger charge is -2.34. The summed E-state index contributed by atoms with van der Waals surface area (Å²) in [6.07, 6.45) is 5.18. The van der Waals surface area contributed by atoms with Crippen LogP contribution in [0.25, 0.3) is 0 Å². The van der Waals surface area contributed by atoms with Crippen molar-refractivity contribution in [1.82, 2.24) is 14.9 Å². The first-order chi connectivity index (χ1) is 10.2. The standard InChI is InChI=1S/C17H22BrN3/c1-12(2)21-11-20-10-17(21)14-7-8-19-9-15(14)13-5-3-4-6-16(13)18/h3-6,10-12,14-15,19H,7-9H2,1-2H3. The molecule has 1 aromatic heterocycles. The maximum absolute atomic E-state index is 4.40. The fraction of sp³-hybridized carbons (Fsp3) is 0.471. The number of imidazole rings is 1. The van der Waals surface area contributed by atoms with Crippen molar-refractivity contribution in [1.29, 1.82) is 0 Å². The fourth-order valence-corrected chi connectivity index (χ4v) is 3.93. The molecule has 0 spiro atoms. The van der Waals surface area contributed by atoms with Crippen molar-refractivity contribution in [2.75, 3.05) is 13.1 Å². The number of hydrogen-bond donors (Lipinski definition) is 1. The monoisotopic (exact) mass is 347 g/mol. The molecule has 0 bridgehead atoms. The summed E-state index contributed by atoms with van der Waals surface area (Å²) in [5.41, 5.74) is 2.76. The Morgan fingerprint density at radius 2 is 2.10 bits per heavy atom. The van der Waals surface area contributed by atoms with E-state index < -0.39 is 0 Å². The topological polar surface area (TPSA) is 29.9 Å². The molecule has 112 valence electrons. The molecule has 0 aliphatic carbocycles. The van der Waals surface area contributed by atoms with Crippen LogP contribution in [0.5, 0.6) is 0 Å². The van der Waals surface area contributed by atoms with Gasteiger partial charge in [0.25, 0.3) is 0 Å². The number of nitrogens with one attached hydrogen (secondary N) is 1. The number of hydrogen-bond acceptors (Lipinski definition) is 2. The molecule has 4 heteroatoms. The average Bonchev–Trinajstić information content (AvgIpc) is 2.97. The van der Waals surface area contributed by atoms with Gasteiger partial charge in [0.15, 0.2) is 0 Å². The molecular formula is C17H22BrN3. The summed E-state index contributed by atoms with van der Waals surface area (Å²) in [7, 11) is 0. The van der Waals surface area contributed by atoms with Crippen LogP contribution in [-0.4, -0.2) is 22.6 Å². The summed E-state index contributed by atoms with van der Waals surface area (Å²) in [5, 5.41) is 3.55. The van der Waals surface area contributed by atoms with E-state index in [1.165, 1.54) is 15.7 Å². The minimum Gasteiger partial charge on any atom is -0.332 e. The van der Waals surface area contributed by atoms with Gasteiger partial charge in [-0.05, 0) is 38.4 Å². The van der Waals surface area contributed by atoms with E-state index >= 15 is 0 Å². The smallest absolute Gasteiger partial charge is 0.0950 e. The Balaban J connectivity index is 1.99. The summed E-state index contributed by atoms with van der Waals surface area (Å²) >= 11 is 3.72. The first-order valence-electron chi connectivity index (χ1n) is 7.65. The van der Waals surface area contributed by atoms with E-state index in [1.807, 2.05) is 6.33 Å². The van der Waals surface area contributed by atoms with Crippen molar-refractivity contribution in [3.05, 3.63) is 52.5 Å². The van der Waals surface area contributed by atoms with Crippen LogP contribution >= 0.6 is 15.9 Å². The lowest BCUT2D eigenvalue weighted by Crippen LogP contribution is -2.35. The van der Waals surface area contributed by atoms with Gasteiger partial charge in [-0.25, -0.2) is 4.98 Å². The minimum absolute atomic E-state index is 0.456. The normalized spacial score (nSPS) is 22.7. The van der Waals surface area contributed by atoms with Crippen molar-refractivity contribution in [2.45, 2.75) is 38.1 Å². The van der Waals surface area contributed by atoms with Crippen LogP contribution in [0.15, 0.2) is 41.3 Å². The fourth-order valence-electron chi connectivity index (χ4n) is 3.35. The van der Waals surface area contributed by atoms with E-state index in [-0.39, 0.29) is 0 Å². The molecule has 21 heavy (non-hydrogen) atoms. The lowest BCUT2D eigenvalue weighted by molar-refractivity contribution is 0.381. The van der Waals surface area contributed by atoms with Crippen molar-refractivity contribution in [3.8, 4) is 0 Å². The van der Waals surface area contributed by atoms with E-state index in [0.717, 1.165) is 19.5 Å². The first-order valence-corrected chi connectivity index (χ1v) is 8.44. The van der Waals surface area contributed by atoms with E-state index in [2.05, 4.69) is 75.1 Å². The highest BCUT2D eigenvalue weighted by atomic mass is 79.9. The molecule has 0 amide bonds. The van der Waals surface area contributed by atoms with Gasteiger partial charge in [0.1, 0.15) is 0 Å². The van der Waals surface area contributed by atoms with Crippen LogP contribution in [0.3, 0.4) is 0 Å². The highest BCUT2D eigenvalue weighted by Crippen LogP contribution is 2.40. The summed E-state index contributed by atoms with van der Waals surface area (Å²) < 4.78 is 3.53. The predicted octanol–water partition coefficient (Wildman–Crippen LogP) is 4.09. The van der Waals surface area contributed by atoms with E-state index in [0.29, 0.717) is 17.9 Å². The van der Waals surface area contributed by atoms with Gasteiger partial charge in [0, 0.05) is 40.8 Å². The number of aromatic nitrogens is 2. The Bertz CT molecular complexity index is 606. The molecule has 1 saturated heterocycles. The van der Waals surface area contributed by atoms with Gasteiger partial charge < -0.3 is 9.88 Å². The van der Waals surface area contributed by atoms with Crippen molar-refractivity contribution in [3.63, 3.8) is 0 Å². The van der Waals surface area contributed by atoms with Crippen LogP contribution in [-0.2, 0) is 0 Å². The second kappa shape index (κ2) is 6.32. The highest BCUT2D eigenvalue weighted by Gasteiger charge is 2.31. The van der Waals surface area contributed by atoms with Crippen LogP contribution in [0.4, 0.5) is 0 Å². The summed E-state index contributed by atoms with van der Waals surface area (Å²) in [6.45, 7) is 6.55. The number of halogens is 1. The maximum Gasteiger partial charge on any atom is 0.0950 e. The summed E-state index contributed by atoms with van der Waals surface area (Å²) in [4.78, 5) is 4.40. The molecule has 1 fully saturated rings. The number of piperidine rings is 1. The minimum atomic E-state index is 0.456. The zero-order valence-electron chi connectivity index (χ0n) is 12.6. The summed E-state index contributed by atoms with van der Waals surface area (Å²) in [6, 6.07) is 9.05. The molecular weight excluding hydrogens is 326 g/mol. The lowest BCUT2D eigenvalue weighted by atomic mass is 9.79. The zero-order chi connectivity index (χ0) is 14.8. The highest BCUT2D eigenvalue weighted by molar-refractivity contribution is 9.10. The Labute approximate surface area is 134 Å². The second-order valence-electron chi connectivity index (χ2n) is 6.05. The number of nitrogens with zero attached hydrogens (tertiary/aromatic N) is 2. The zero-order valence-corrected chi connectivity index (χ0v) is 14.2. The third-order valence-electron chi connectivity index (χ3n) is 4.42. The van der Waals surface area contributed by atoms with E-state index in [4.69, 9.17) is 0 Å². The predicted molar refractivity (Wildman–Crippen MR) is 89.7 cm³/mol. The molecule has 1 aliphatic heterocycles. The quantitative estimate of drug-likeness (QED) is 0.906. The molecule has 1 N–H and O–H groups in total. The molecule has 1 aliphatic rings. The molecule has 2 atom stereocenters. The Morgan fingerprint density at radius 1 is 1.29 bits per heavy atom. The Kier molecular flexibility index (Phi) is 4.45. The third kappa shape index (κ3) is 2.92. The molecule has 2 aromatic rings. The van der Waals surface area contributed by atoms with Gasteiger partial charge >= 0.3 is 0 Å². The first kappa shape index (κ1) is 14.8. The van der Waals surface area contributed by atoms with Crippen LogP contribution in [0, 0.1) is 0 Å². The molecule has 3 rings (SSSR count). The molecule has 2 unspecified atom stereocenters. The van der Waals surface area contributed by atoms with Crippen molar-refractivity contribution >= 4 is 15.9 Å². The van der Waals surface area contributed by atoms with Gasteiger partial charge in [-0.15, -0.1) is 0 Å². The molecule has 3 nitrogen and oxygen atoms in total. The largest absolute Gasteiger partial charge is 0.332 e. The Hall–Kier alpha value is -1.13. The SMILES string of the molecule is CC(C)n1cncc1C1CCNCC1c1ccccc1Br. The number of benzene rings is 1. The summed E-state index contributed by atoms with van der Waals surface area (Å²) in [5.74, 6) is 1.01. The van der Waals surface area contributed by atoms with Gasteiger partial charge in [0.2, 0.25) is 0 Å². The van der Waals surface area contributed by atoms with E-state index in [1.54, 1.807) is 0 Å². The Morgan fingerprint density at radius 3 is 2.86 bits per heavy atom. The molecule has 0 radical (unpaired) electrons. The molecule has 1 aromatic carbocycles. The van der Waals surface area contributed by atoms with Crippen molar-refractivity contribution in [2.24, 2.45) is 0 Å². The second-order valence-corrected chi connectivity index (χ2v) is 6.90. The van der Waals surface area contributed by atoms with Gasteiger partial charge in [-0.1, -0.05) is 34.1 Å². The van der Waals surface area contributed by atoms with Crippen LogP contribution in [0.1, 0.15) is 49.4 Å². The number of rotatable bonds is 3. The van der Waals surface area contributed by atoms with Crippen LogP contribution < -0.4 is 5.32 Å². The third-order valence-corrected chi connectivity index (χ3v) is 5.14. The van der Waals surface area contributed by atoms with Gasteiger partial charge in [0.05, 0.1) is 6.33 Å². The van der Waals surface area contributed by atoms with Gasteiger partial charge in [-0.3, -0.25) is 0 Å². The van der Waals surface area contributed by atoms with Crippen molar-refractivity contribution < 1.29 is 0 Å². The molecule has 0 saturated carbocycles. The average molecular weight is 348 g/mol. The van der Waals surface area contributed by atoms with Crippen LogP contribution in [0.2, 0.25) is 0 Å².